The molecule has 0 aromatic heterocycles. The van der Waals surface area contributed by atoms with E-state index in [2.05, 4.69) is 0 Å². The minimum Gasteiger partial charge on any atom is -0.380 e. The third-order valence-corrected chi connectivity index (χ3v) is 4.07. The van der Waals surface area contributed by atoms with E-state index in [0.29, 0.717) is 46.4 Å². The van der Waals surface area contributed by atoms with Crippen LogP contribution in [0.1, 0.15) is 22.3 Å². The van der Waals surface area contributed by atoms with Crippen molar-refractivity contribution in [3.63, 3.8) is 0 Å². The Kier molecular flexibility index (Phi) is 13.0. The molecule has 0 N–H and O–H groups in total. The summed E-state index contributed by atoms with van der Waals surface area (Å²) in [7, 11) is 3.29. The van der Waals surface area contributed by atoms with Gasteiger partial charge in [0.1, 0.15) is 20.4 Å². The third-order valence-electron chi connectivity index (χ3n) is 4.07. The number of rotatable bonds is 17. The van der Waals surface area contributed by atoms with Crippen molar-refractivity contribution in [3.8, 4) is 0 Å². The lowest BCUT2D eigenvalue weighted by Gasteiger charge is -2.09. The first kappa shape index (κ1) is 24.4. The van der Waals surface area contributed by atoms with Gasteiger partial charge in [-0.3, -0.25) is 0 Å². The predicted molar refractivity (Wildman–Crippen MR) is 111 cm³/mol. The van der Waals surface area contributed by atoms with Gasteiger partial charge in [0.05, 0.1) is 39.6 Å². The van der Waals surface area contributed by atoms with Crippen LogP contribution in [0, 0.1) is 0 Å². The maximum atomic E-state index is 5.50. The van der Waals surface area contributed by atoms with Gasteiger partial charge in [-0.05, 0) is 22.3 Å². The highest BCUT2D eigenvalue weighted by molar-refractivity contribution is 5.22. The summed E-state index contributed by atoms with van der Waals surface area (Å²) in [6.07, 6.45) is 0. The second kappa shape index (κ2) is 15.9. The second-order valence-corrected chi connectivity index (χ2v) is 6.57. The maximum Gasteiger partial charge on any atom is 0.147 e. The van der Waals surface area contributed by atoms with E-state index in [9.17, 15) is 0 Å². The van der Waals surface area contributed by atoms with E-state index in [1.807, 2.05) is 48.5 Å². The molecule has 0 heterocycles. The lowest BCUT2D eigenvalue weighted by Crippen LogP contribution is -2.09. The first-order chi connectivity index (χ1) is 14.8. The van der Waals surface area contributed by atoms with Gasteiger partial charge in [0.25, 0.3) is 0 Å². The van der Waals surface area contributed by atoms with E-state index < -0.39 is 0 Å². The van der Waals surface area contributed by atoms with Crippen LogP contribution < -0.4 is 0 Å². The molecule has 7 heteroatoms. The Bertz CT molecular complexity index is 658. The predicted octanol–water partition coefficient (Wildman–Crippen LogP) is 3.64. The van der Waals surface area contributed by atoms with Gasteiger partial charge >= 0.3 is 0 Å². The first-order valence-electron chi connectivity index (χ1n) is 9.84. The fraction of sp³-hybridized carbons (Fsp3) is 0.478. The quantitative estimate of drug-likeness (QED) is 0.286. The molecule has 0 aliphatic heterocycles. The molecule has 2 rings (SSSR count). The van der Waals surface area contributed by atoms with Crippen molar-refractivity contribution in [2.24, 2.45) is 0 Å². The summed E-state index contributed by atoms with van der Waals surface area (Å²) < 4.78 is 37.0. The number of benzene rings is 2. The van der Waals surface area contributed by atoms with Crippen molar-refractivity contribution < 1.29 is 33.2 Å². The van der Waals surface area contributed by atoms with Crippen molar-refractivity contribution in [2.45, 2.75) is 26.4 Å². The Morgan fingerprint density at radius 3 is 1.17 bits per heavy atom. The zero-order valence-corrected chi connectivity index (χ0v) is 17.8. The van der Waals surface area contributed by atoms with Crippen LogP contribution in [0.15, 0.2) is 48.5 Å². The topological polar surface area (TPSA) is 64.6 Å². The number of hydrogen-bond acceptors (Lipinski definition) is 7. The molecule has 7 nitrogen and oxygen atoms in total. The molecule has 30 heavy (non-hydrogen) atoms. The fourth-order valence-corrected chi connectivity index (χ4v) is 2.55. The average Bonchev–Trinajstić information content (AvgIpc) is 2.77. The SMILES string of the molecule is COCOCc1ccc(COCOCCOCOCc2ccc(COC)cc2)cc1. The van der Waals surface area contributed by atoms with Crippen molar-refractivity contribution in [2.75, 3.05) is 47.8 Å². The van der Waals surface area contributed by atoms with Crippen molar-refractivity contribution >= 4 is 0 Å². The lowest BCUT2D eigenvalue weighted by molar-refractivity contribution is -0.105. The molecule has 0 saturated heterocycles. The molecule has 2 aromatic rings. The van der Waals surface area contributed by atoms with E-state index in [1.54, 1.807) is 14.2 Å². The van der Waals surface area contributed by atoms with Crippen molar-refractivity contribution in [1.82, 2.24) is 0 Å². The van der Waals surface area contributed by atoms with E-state index in [0.717, 1.165) is 22.3 Å². The van der Waals surface area contributed by atoms with Crippen LogP contribution in [0.25, 0.3) is 0 Å². The molecule has 166 valence electrons. The van der Waals surface area contributed by atoms with Crippen LogP contribution in [0.3, 0.4) is 0 Å². The van der Waals surface area contributed by atoms with Gasteiger partial charge in [0.2, 0.25) is 0 Å². The normalized spacial score (nSPS) is 11.1. The van der Waals surface area contributed by atoms with E-state index in [1.165, 1.54) is 0 Å². The second-order valence-electron chi connectivity index (χ2n) is 6.57. The zero-order chi connectivity index (χ0) is 21.3. The van der Waals surface area contributed by atoms with Crippen molar-refractivity contribution in [1.29, 1.82) is 0 Å². The molecule has 0 saturated carbocycles. The zero-order valence-electron chi connectivity index (χ0n) is 17.8. The summed E-state index contributed by atoms with van der Waals surface area (Å²) in [5.41, 5.74) is 4.41. The van der Waals surface area contributed by atoms with E-state index in [-0.39, 0.29) is 13.6 Å². The molecular formula is C23H32O7. The van der Waals surface area contributed by atoms with Crippen LogP contribution in [0.4, 0.5) is 0 Å². The first-order valence-corrected chi connectivity index (χ1v) is 9.84. The molecule has 0 amide bonds. The Labute approximate surface area is 178 Å². The Morgan fingerprint density at radius 1 is 0.433 bits per heavy atom. The molecule has 0 bridgehead atoms. The molecule has 2 aromatic carbocycles. The van der Waals surface area contributed by atoms with Crippen LogP contribution in [0.5, 0.6) is 0 Å². The van der Waals surface area contributed by atoms with Gasteiger partial charge in [-0.2, -0.15) is 0 Å². The molecule has 0 spiro atoms. The lowest BCUT2D eigenvalue weighted by atomic mass is 10.1. The van der Waals surface area contributed by atoms with Gasteiger partial charge < -0.3 is 33.2 Å². The summed E-state index contributed by atoms with van der Waals surface area (Å²) in [5, 5.41) is 0. The van der Waals surface area contributed by atoms with Gasteiger partial charge in [0, 0.05) is 14.2 Å². The third kappa shape index (κ3) is 10.8. The summed E-state index contributed by atoms with van der Waals surface area (Å²) in [5.74, 6) is 0. The molecule has 0 atom stereocenters. The summed E-state index contributed by atoms with van der Waals surface area (Å²) in [4.78, 5) is 0. The average molecular weight is 421 g/mol. The smallest absolute Gasteiger partial charge is 0.147 e. The fourth-order valence-electron chi connectivity index (χ4n) is 2.55. The van der Waals surface area contributed by atoms with Gasteiger partial charge in [-0.15, -0.1) is 0 Å². The van der Waals surface area contributed by atoms with Crippen LogP contribution in [-0.4, -0.2) is 47.8 Å². The highest BCUT2D eigenvalue weighted by Gasteiger charge is 1.98. The van der Waals surface area contributed by atoms with E-state index >= 15 is 0 Å². The van der Waals surface area contributed by atoms with Gasteiger partial charge in [-0.1, -0.05) is 48.5 Å². The summed E-state index contributed by atoms with van der Waals surface area (Å²) in [6.45, 7) is 3.79. The molecule has 0 radical (unpaired) electrons. The van der Waals surface area contributed by atoms with Gasteiger partial charge in [-0.25, -0.2) is 0 Å². The van der Waals surface area contributed by atoms with Gasteiger partial charge in [0.15, 0.2) is 0 Å². The molecular weight excluding hydrogens is 388 g/mol. The number of ether oxygens (including phenoxy) is 7. The van der Waals surface area contributed by atoms with Crippen LogP contribution >= 0.6 is 0 Å². The molecule has 0 aliphatic rings. The van der Waals surface area contributed by atoms with E-state index in [4.69, 9.17) is 33.2 Å². The Balaban J connectivity index is 1.42. The van der Waals surface area contributed by atoms with Crippen LogP contribution in [0.2, 0.25) is 0 Å². The largest absolute Gasteiger partial charge is 0.380 e. The maximum absolute atomic E-state index is 5.50. The minimum atomic E-state index is 0.219. The minimum absolute atomic E-state index is 0.219. The Morgan fingerprint density at radius 2 is 0.800 bits per heavy atom. The standard InChI is InChI=1S/C23H32O7/c1-24-13-20-3-5-22(6-4-20)15-29-18-26-11-12-27-19-30-16-23-9-7-21(8-10-23)14-28-17-25-2/h3-10H,11-19H2,1-2H3. The molecule has 0 fully saturated rings. The van der Waals surface area contributed by atoms with Crippen LogP contribution in [-0.2, 0) is 59.6 Å². The molecule has 0 unspecified atom stereocenters. The molecule has 0 aliphatic carbocycles. The Hall–Kier alpha value is -1.84. The number of hydrogen-bond donors (Lipinski definition) is 0. The summed E-state index contributed by atoms with van der Waals surface area (Å²) >= 11 is 0. The highest BCUT2D eigenvalue weighted by Crippen LogP contribution is 2.08. The van der Waals surface area contributed by atoms with Crippen molar-refractivity contribution in [3.05, 3.63) is 70.8 Å². The highest BCUT2D eigenvalue weighted by atomic mass is 16.7. The summed E-state index contributed by atoms with van der Waals surface area (Å²) in [6, 6.07) is 16.2. The monoisotopic (exact) mass is 420 g/mol. The number of methoxy groups -OCH3 is 2.